The Morgan fingerprint density at radius 1 is 1.12 bits per heavy atom. The highest BCUT2D eigenvalue weighted by molar-refractivity contribution is 7.23. The van der Waals surface area contributed by atoms with Crippen LogP contribution in [0.2, 0.25) is 0 Å². The van der Waals surface area contributed by atoms with Gasteiger partial charge in [0.2, 0.25) is 0 Å². The summed E-state index contributed by atoms with van der Waals surface area (Å²) < 4.78 is 20.0. The lowest BCUT2D eigenvalue weighted by Crippen LogP contribution is -2.83. The van der Waals surface area contributed by atoms with E-state index in [1.165, 1.54) is 5.32 Å². The average molecular weight is 562 g/mol. The SMILES string of the molecule is CC(C)(C)c1cc(NC(=O)[NH2+]c2ccc(-c3cn4c(n3)sc3cc(OCCN5CCOCC5)ccc34)cc2)no1. The van der Waals surface area contributed by atoms with Gasteiger partial charge in [-0.3, -0.25) is 14.6 Å². The Kier molecular flexibility index (Phi) is 7.28. The van der Waals surface area contributed by atoms with Gasteiger partial charge < -0.3 is 14.0 Å². The molecule has 2 amide bonds. The molecule has 11 heteroatoms. The molecule has 1 aliphatic heterocycles. The fourth-order valence-corrected chi connectivity index (χ4v) is 5.62. The second kappa shape index (κ2) is 11.0. The van der Waals surface area contributed by atoms with Crippen LogP contribution in [0.5, 0.6) is 5.75 Å². The van der Waals surface area contributed by atoms with Gasteiger partial charge in [0.15, 0.2) is 10.8 Å². The molecule has 4 heterocycles. The number of urea groups is 1. The first-order chi connectivity index (χ1) is 19.3. The van der Waals surface area contributed by atoms with E-state index in [9.17, 15) is 4.79 Å². The number of thiazole rings is 1. The summed E-state index contributed by atoms with van der Waals surface area (Å²) in [6.07, 6.45) is 2.05. The minimum Gasteiger partial charge on any atom is -0.492 e. The number of hydrogen-bond acceptors (Lipinski definition) is 8. The molecular weight excluding hydrogens is 528 g/mol. The number of carbonyl (C=O) groups is 1. The number of fused-ring (bicyclic) bond motifs is 3. The summed E-state index contributed by atoms with van der Waals surface area (Å²) in [5.74, 6) is 1.99. The Morgan fingerprint density at radius 2 is 1.93 bits per heavy atom. The Labute approximate surface area is 235 Å². The van der Waals surface area contributed by atoms with E-state index < -0.39 is 0 Å². The van der Waals surface area contributed by atoms with Crippen molar-refractivity contribution in [3.63, 3.8) is 0 Å². The Balaban J connectivity index is 1.08. The fraction of sp³-hybridized carbons (Fsp3) is 0.345. The van der Waals surface area contributed by atoms with Crippen LogP contribution in [0.4, 0.5) is 16.3 Å². The van der Waals surface area contributed by atoms with E-state index in [1.807, 2.05) is 51.1 Å². The van der Waals surface area contributed by atoms with Crippen LogP contribution in [0.25, 0.3) is 26.4 Å². The van der Waals surface area contributed by atoms with Crippen molar-refractivity contribution < 1.29 is 24.1 Å². The summed E-state index contributed by atoms with van der Waals surface area (Å²) >= 11 is 1.64. The number of imidazole rings is 1. The minimum atomic E-state index is -0.264. The monoisotopic (exact) mass is 561 g/mol. The molecule has 6 rings (SSSR count). The summed E-state index contributed by atoms with van der Waals surface area (Å²) in [6.45, 7) is 11.2. The Hall–Kier alpha value is -3.77. The molecule has 0 unspecified atom stereocenters. The van der Waals surface area contributed by atoms with E-state index in [-0.39, 0.29) is 11.4 Å². The van der Waals surface area contributed by atoms with Crippen LogP contribution in [0, 0.1) is 0 Å². The summed E-state index contributed by atoms with van der Waals surface area (Å²) in [7, 11) is 0. The molecule has 0 aliphatic carbocycles. The van der Waals surface area contributed by atoms with Gasteiger partial charge in [-0.25, -0.2) is 15.1 Å². The molecule has 5 aromatic rings. The van der Waals surface area contributed by atoms with Crippen LogP contribution in [0.1, 0.15) is 26.5 Å². The third-order valence-electron chi connectivity index (χ3n) is 6.85. The van der Waals surface area contributed by atoms with Crippen molar-refractivity contribution in [2.45, 2.75) is 26.2 Å². The number of nitrogens with one attached hydrogen (secondary N) is 1. The largest absolute Gasteiger partial charge is 0.492 e. The number of aromatic nitrogens is 3. The number of nitrogens with two attached hydrogens (primary N) is 1. The molecule has 1 fully saturated rings. The van der Waals surface area contributed by atoms with Gasteiger partial charge in [-0.15, -0.1) is 0 Å². The summed E-state index contributed by atoms with van der Waals surface area (Å²) in [5, 5.41) is 8.24. The van der Waals surface area contributed by atoms with E-state index in [2.05, 4.69) is 38.1 Å². The molecule has 3 aromatic heterocycles. The minimum absolute atomic E-state index is 0.177. The normalized spacial score (nSPS) is 14.7. The second-order valence-electron chi connectivity index (χ2n) is 10.9. The van der Waals surface area contributed by atoms with E-state index in [4.69, 9.17) is 19.0 Å². The van der Waals surface area contributed by atoms with E-state index in [1.54, 1.807) is 17.4 Å². The molecule has 10 nitrogen and oxygen atoms in total. The highest BCUT2D eigenvalue weighted by Crippen LogP contribution is 2.32. The molecule has 1 aliphatic rings. The van der Waals surface area contributed by atoms with Gasteiger partial charge in [-0.1, -0.05) is 37.3 Å². The van der Waals surface area contributed by atoms with Crippen LogP contribution in [-0.4, -0.2) is 64.9 Å². The quantitative estimate of drug-likeness (QED) is 0.279. The zero-order chi connectivity index (χ0) is 27.7. The number of nitrogens with zero attached hydrogens (tertiary/aromatic N) is 4. The average Bonchev–Trinajstić information content (AvgIpc) is 3.64. The van der Waals surface area contributed by atoms with Crippen LogP contribution in [0.3, 0.4) is 0 Å². The molecule has 0 atom stereocenters. The fourth-order valence-electron chi connectivity index (χ4n) is 4.58. The topological polar surface area (TPSA) is 111 Å². The molecule has 0 radical (unpaired) electrons. The first kappa shape index (κ1) is 26.5. The maximum atomic E-state index is 12.5. The smallest absolute Gasteiger partial charge is 0.424 e. The number of quaternary nitrogens is 1. The van der Waals surface area contributed by atoms with Crippen LogP contribution in [-0.2, 0) is 10.2 Å². The van der Waals surface area contributed by atoms with Crippen molar-refractivity contribution in [1.29, 1.82) is 0 Å². The van der Waals surface area contributed by atoms with Gasteiger partial charge in [-0.2, -0.15) is 0 Å². The molecule has 0 spiro atoms. The zero-order valence-electron chi connectivity index (χ0n) is 22.8. The summed E-state index contributed by atoms with van der Waals surface area (Å²) in [5.41, 5.74) is 3.57. The molecule has 1 saturated heterocycles. The number of amides is 2. The highest BCUT2D eigenvalue weighted by Gasteiger charge is 2.21. The molecule has 3 N–H and O–H groups in total. The van der Waals surface area contributed by atoms with Gasteiger partial charge in [0, 0.05) is 55.0 Å². The van der Waals surface area contributed by atoms with Crippen LogP contribution in [0.15, 0.2) is 59.3 Å². The van der Waals surface area contributed by atoms with Crippen LogP contribution >= 0.6 is 11.3 Å². The van der Waals surface area contributed by atoms with E-state index in [0.717, 1.165) is 70.7 Å². The standard InChI is InChI=1S/C29H32N6O4S/c1-29(2,3)25-17-26(33-39-25)32-27(36)30-20-6-4-19(5-7-20)22-18-35-23-9-8-21(16-24(23)40-28(35)31-22)38-15-12-34-10-13-37-14-11-34/h4-9,16-18H,10-15H2,1-3H3,(H2,30,32,33,36)/p+1. The predicted molar refractivity (Wildman–Crippen MR) is 155 cm³/mol. The maximum Gasteiger partial charge on any atom is 0.424 e. The molecule has 0 saturated carbocycles. The van der Waals surface area contributed by atoms with Crippen molar-refractivity contribution in [2.24, 2.45) is 0 Å². The molecule has 208 valence electrons. The predicted octanol–water partition coefficient (Wildman–Crippen LogP) is 4.64. The van der Waals surface area contributed by atoms with Crippen molar-refractivity contribution in [2.75, 3.05) is 44.8 Å². The van der Waals surface area contributed by atoms with Crippen molar-refractivity contribution in [3.8, 4) is 17.0 Å². The van der Waals surface area contributed by atoms with Gasteiger partial charge in [0.25, 0.3) is 0 Å². The molecular formula is C29H33N6O4S+. The molecule has 40 heavy (non-hydrogen) atoms. The molecule has 2 aromatic carbocycles. The number of anilines is 1. The lowest BCUT2D eigenvalue weighted by Gasteiger charge is -2.26. The lowest BCUT2D eigenvalue weighted by molar-refractivity contribution is -0.459. The van der Waals surface area contributed by atoms with Gasteiger partial charge >= 0.3 is 6.03 Å². The highest BCUT2D eigenvalue weighted by atomic mass is 32.1. The number of ether oxygens (including phenoxy) is 2. The second-order valence-corrected chi connectivity index (χ2v) is 11.9. The van der Waals surface area contributed by atoms with Gasteiger partial charge in [0.1, 0.15) is 23.8 Å². The maximum absolute atomic E-state index is 12.5. The number of rotatable bonds is 7. The first-order valence-corrected chi connectivity index (χ1v) is 14.2. The summed E-state index contributed by atoms with van der Waals surface area (Å²) in [6, 6.07) is 15.4. The first-order valence-electron chi connectivity index (χ1n) is 13.4. The number of morpholine rings is 1. The Morgan fingerprint density at radius 3 is 2.67 bits per heavy atom. The van der Waals surface area contributed by atoms with Crippen LogP contribution < -0.4 is 15.4 Å². The number of benzene rings is 2. The number of carbonyl (C=O) groups excluding carboxylic acids is 1. The number of hydrogen-bond donors (Lipinski definition) is 2. The molecule has 0 bridgehead atoms. The van der Waals surface area contributed by atoms with E-state index >= 15 is 0 Å². The zero-order valence-corrected chi connectivity index (χ0v) is 23.7. The number of primary amides is 1. The lowest BCUT2D eigenvalue weighted by atomic mass is 9.93. The van der Waals surface area contributed by atoms with Gasteiger partial charge in [-0.05, 0) is 30.3 Å². The van der Waals surface area contributed by atoms with Gasteiger partial charge in [0.05, 0.1) is 29.1 Å². The van der Waals surface area contributed by atoms with Crippen molar-refractivity contribution in [3.05, 3.63) is 60.5 Å². The van der Waals surface area contributed by atoms with Crippen molar-refractivity contribution >= 4 is 44.1 Å². The van der Waals surface area contributed by atoms with E-state index in [0.29, 0.717) is 18.2 Å². The van der Waals surface area contributed by atoms with Crippen molar-refractivity contribution in [1.82, 2.24) is 19.4 Å². The third-order valence-corrected chi connectivity index (χ3v) is 7.87. The third kappa shape index (κ3) is 5.87. The summed E-state index contributed by atoms with van der Waals surface area (Å²) in [4.78, 5) is 20.6. The Bertz CT molecular complexity index is 1630.